The lowest BCUT2D eigenvalue weighted by atomic mass is 10.0. The monoisotopic (exact) mass is 226 g/mol. The zero-order valence-electron chi connectivity index (χ0n) is 9.05. The first kappa shape index (κ1) is 9.90. The third-order valence-corrected chi connectivity index (χ3v) is 2.66. The number of ether oxygens (including phenoxy) is 2. The molecule has 0 aliphatic carbocycles. The van der Waals surface area contributed by atoms with Gasteiger partial charge in [-0.1, -0.05) is 24.3 Å². The average Bonchev–Trinajstić information content (AvgIpc) is 2.32. The van der Waals surface area contributed by atoms with Gasteiger partial charge in [0.1, 0.15) is 11.5 Å². The van der Waals surface area contributed by atoms with Crippen molar-refractivity contribution in [2.45, 2.75) is 6.42 Å². The number of carbonyl (C=O) groups excluding carboxylic acids is 1. The number of carbonyl (C=O) groups is 1. The molecule has 84 valence electrons. The van der Waals surface area contributed by atoms with Crippen molar-refractivity contribution in [2.24, 2.45) is 0 Å². The molecule has 0 radical (unpaired) electrons. The second-order valence-electron chi connectivity index (χ2n) is 3.92. The first-order valence-corrected chi connectivity index (χ1v) is 5.37. The standard InChI is InChI=1S/C14H10O3/c15-14-16-12-5-1-10(2-6-12)9-11-3-7-13(17-14)8-4-11/h1-8H,9H2. The smallest absolute Gasteiger partial charge is 0.395 e. The molecule has 0 unspecified atom stereocenters. The van der Waals surface area contributed by atoms with Gasteiger partial charge in [-0.05, 0) is 41.8 Å². The predicted octanol–water partition coefficient (Wildman–Crippen LogP) is 3.17. The van der Waals surface area contributed by atoms with Crippen molar-refractivity contribution in [1.29, 1.82) is 0 Å². The summed E-state index contributed by atoms with van der Waals surface area (Å²) in [5.74, 6) is 0.988. The normalized spacial score (nSPS) is 13.5. The van der Waals surface area contributed by atoms with Crippen LogP contribution in [0.1, 0.15) is 11.1 Å². The Kier molecular flexibility index (Phi) is 2.29. The summed E-state index contributed by atoms with van der Waals surface area (Å²) in [7, 11) is 0. The van der Waals surface area contributed by atoms with Crippen LogP contribution < -0.4 is 9.47 Å². The Balaban J connectivity index is 2.06. The quantitative estimate of drug-likeness (QED) is 0.511. The van der Waals surface area contributed by atoms with Crippen molar-refractivity contribution >= 4 is 6.16 Å². The maximum Gasteiger partial charge on any atom is 0.519 e. The van der Waals surface area contributed by atoms with E-state index in [1.165, 1.54) is 11.1 Å². The summed E-state index contributed by atoms with van der Waals surface area (Å²) < 4.78 is 10.1. The molecule has 3 heteroatoms. The van der Waals surface area contributed by atoms with E-state index in [-0.39, 0.29) is 0 Å². The lowest BCUT2D eigenvalue weighted by Gasteiger charge is -2.09. The molecule has 4 heterocycles. The molecule has 0 saturated carbocycles. The van der Waals surface area contributed by atoms with Gasteiger partial charge in [0.2, 0.25) is 0 Å². The third-order valence-electron chi connectivity index (χ3n) is 2.66. The molecule has 2 aromatic rings. The first-order chi connectivity index (χ1) is 8.29. The van der Waals surface area contributed by atoms with E-state index in [1.54, 1.807) is 24.3 Å². The van der Waals surface area contributed by atoms with Gasteiger partial charge in [-0.25, -0.2) is 4.79 Å². The van der Waals surface area contributed by atoms with E-state index >= 15 is 0 Å². The third kappa shape index (κ3) is 2.13. The van der Waals surface area contributed by atoms with Gasteiger partial charge in [0.25, 0.3) is 0 Å². The highest BCUT2D eigenvalue weighted by Gasteiger charge is 2.09. The molecule has 4 bridgehead atoms. The van der Waals surface area contributed by atoms with Crippen molar-refractivity contribution in [3.63, 3.8) is 0 Å². The van der Waals surface area contributed by atoms with Crippen LogP contribution in [0.3, 0.4) is 0 Å². The SMILES string of the molecule is O=C1Oc2ccc(cc2)Cc2ccc(cc2)O1. The molecule has 17 heavy (non-hydrogen) atoms. The highest BCUT2D eigenvalue weighted by molar-refractivity contribution is 5.67. The van der Waals surface area contributed by atoms with E-state index in [1.807, 2.05) is 24.3 Å². The van der Waals surface area contributed by atoms with Crippen LogP contribution in [-0.2, 0) is 6.42 Å². The van der Waals surface area contributed by atoms with Gasteiger partial charge < -0.3 is 9.47 Å². The van der Waals surface area contributed by atoms with Gasteiger partial charge in [0.15, 0.2) is 0 Å². The largest absolute Gasteiger partial charge is 0.519 e. The number of hydrogen-bond donors (Lipinski definition) is 0. The molecule has 0 amide bonds. The van der Waals surface area contributed by atoms with E-state index in [0.29, 0.717) is 11.5 Å². The van der Waals surface area contributed by atoms with E-state index in [0.717, 1.165) is 6.42 Å². The van der Waals surface area contributed by atoms with Gasteiger partial charge in [-0.2, -0.15) is 0 Å². The zero-order chi connectivity index (χ0) is 11.7. The molecular formula is C14H10O3. The Morgan fingerprint density at radius 1 is 0.706 bits per heavy atom. The second kappa shape index (κ2) is 3.94. The van der Waals surface area contributed by atoms with Gasteiger partial charge >= 0.3 is 6.16 Å². The molecule has 3 nitrogen and oxygen atoms in total. The number of benzene rings is 2. The van der Waals surface area contributed by atoms with Crippen molar-refractivity contribution in [1.82, 2.24) is 0 Å². The molecule has 0 N–H and O–H groups in total. The zero-order valence-corrected chi connectivity index (χ0v) is 9.05. The molecule has 0 aromatic heterocycles. The molecule has 2 aromatic carbocycles. The molecule has 0 spiro atoms. The van der Waals surface area contributed by atoms with E-state index in [2.05, 4.69) is 0 Å². The summed E-state index contributed by atoms with van der Waals surface area (Å²) in [4.78, 5) is 11.4. The van der Waals surface area contributed by atoms with Crippen molar-refractivity contribution in [2.75, 3.05) is 0 Å². The molecule has 6 rings (SSSR count). The summed E-state index contributed by atoms with van der Waals surface area (Å²) in [5, 5.41) is 0. The van der Waals surface area contributed by atoms with Crippen LogP contribution in [0.25, 0.3) is 0 Å². The lowest BCUT2D eigenvalue weighted by Crippen LogP contribution is -2.14. The summed E-state index contributed by atoms with van der Waals surface area (Å²) in [6.45, 7) is 0. The summed E-state index contributed by atoms with van der Waals surface area (Å²) in [6, 6.07) is 14.8. The van der Waals surface area contributed by atoms with Crippen LogP contribution in [0.4, 0.5) is 4.79 Å². The summed E-state index contributed by atoms with van der Waals surface area (Å²) in [6.07, 6.45) is 0.139. The second-order valence-corrected chi connectivity index (χ2v) is 3.92. The van der Waals surface area contributed by atoms with Crippen molar-refractivity contribution in [3.05, 3.63) is 59.7 Å². The maximum atomic E-state index is 11.4. The Hall–Kier alpha value is -2.29. The van der Waals surface area contributed by atoms with Gasteiger partial charge in [-0.15, -0.1) is 0 Å². The minimum atomic E-state index is -0.717. The molecule has 4 aliphatic rings. The topological polar surface area (TPSA) is 35.5 Å². The Bertz CT molecular complexity index is 491. The number of rotatable bonds is 0. The molecular weight excluding hydrogens is 216 g/mol. The fourth-order valence-electron chi connectivity index (χ4n) is 1.80. The molecule has 0 fully saturated rings. The predicted molar refractivity (Wildman–Crippen MR) is 62.3 cm³/mol. The van der Waals surface area contributed by atoms with Gasteiger partial charge in [-0.3, -0.25) is 0 Å². The average molecular weight is 226 g/mol. The van der Waals surface area contributed by atoms with Crippen molar-refractivity contribution in [3.8, 4) is 11.5 Å². The molecule has 4 aliphatic heterocycles. The summed E-state index contributed by atoms with van der Waals surface area (Å²) >= 11 is 0. The minimum absolute atomic E-state index is 0.494. The van der Waals surface area contributed by atoms with E-state index < -0.39 is 6.16 Å². The molecule has 0 atom stereocenters. The maximum absolute atomic E-state index is 11.4. The highest BCUT2D eigenvalue weighted by atomic mass is 16.7. The Labute approximate surface area is 98.6 Å². The fraction of sp³-hybridized carbons (Fsp3) is 0.0714. The fourth-order valence-corrected chi connectivity index (χ4v) is 1.80. The Morgan fingerprint density at radius 3 is 1.53 bits per heavy atom. The van der Waals surface area contributed by atoms with Crippen LogP contribution in [-0.4, -0.2) is 6.16 Å². The van der Waals surface area contributed by atoms with Crippen LogP contribution in [0.5, 0.6) is 11.5 Å². The first-order valence-electron chi connectivity index (χ1n) is 5.37. The molecule has 0 saturated heterocycles. The van der Waals surface area contributed by atoms with Gasteiger partial charge in [0, 0.05) is 0 Å². The Morgan fingerprint density at radius 2 is 1.12 bits per heavy atom. The van der Waals surface area contributed by atoms with Crippen LogP contribution in [0, 0.1) is 0 Å². The van der Waals surface area contributed by atoms with Crippen molar-refractivity contribution < 1.29 is 14.3 Å². The van der Waals surface area contributed by atoms with Crippen LogP contribution in [0.15, 0.2) is 48.5 Å². The van der Waals surface area contributed by atoms with Crippen LogP contribution in [0.2, 0.25) is 0 Å². The van der Waals surface area contributed by atoms with Crippen LogP contribution >= 0.6 is 0 Å². The number of hydrogen-bond acceptors (Lipinski definition) is 3. The minimum Gasteiger partial charge on any atom is -0.395 e. The summed E-state index contributed by atoms with van der Waals surface area (Å²) in [5.41, 5.74) is 2.36. The lowest BCUT2D eigenvalue weighted by molar-refractivity contribution is 0.152. The highest BCUT2D eigenvalue weighted by Crippen LogP contribution is 2.20. The van der Waals surface area contributed by atoms with E-state index in [9.17, 15) is 4.79 Å². The van der Waals surface area contributed by atoms with Gasteiger partial charge in [0.05, 0.1) is 0 Å². The van der Waals surface area contributed by atoms with E-state index in [4.69, 9.17) is 9.47 Å².